The van der Waals surface area contributed by atoms with Gasteiger partial charge in [0.05, 0.1) is 17.5 Å². The van der Waals surface area contributed by atoms with E-state index in [2.05, 4.69) is 44.0 Å². The van der Waals surface area contributed by atoms with Gasteiger partial charge in [0.1, 0.15) is 0 Å². The third kappa shape index (κ3) is 3.56. The second-order valence-electron chi connectivity index (χ2n) is 6.91. The van der Waals surface area contributed by atoms with E-state index in [1.54, 1.807) is 19.4 Å². The maximum absolute atomic E-state index is 12.3. The van der Waals surface area contributed by atoms with E-state index in [0.29, 0.717) is 22.4 Å². The lowest BCUT2D eigenvalue weighted by atomic mass is 10.2. The molecule has 140 valence electrons. The van der Waals surface area contributed by atoms with Crippen molar-refractivity contribution in [2.24, 2.45) is 7.05 Å². The number of hydrogen-bond acceptors (Lipinski definition) is 6. The van der Waals surface area contributed by atoms with Crippen LogP contribution in [-0.2, 0) is 20.2 Å². The first-order chi connectivity index (χ1) is 13.2. The van der Waals surface area contributed by atoms with Crippen molar-refractivity contribution >= 4 is 16.9 Å². The zero-order chi connectivity index (χ0) is 18.8. The highest BCUT2D eigenvalue weighted by Gasteiger charge is 2.20. The predicted molar refractivity (Wildman–Crippen MR) is 105 cm³/mol. The average molecular weight is 365 g/mol. The van der Waals surface area contributed by atoms with Gasteiger partial charge in [-0.2, -0.15) is 0 Å². The SMILES string of the molecule is Cn1cc(CO)c2nc(N3CCN(Cc4ccccc4)CC3)ncc2c1=O. The monoisotopic (exact) mass is 365 g/mol. The summed E-state index contributed by atoms with van der Waals surface area (Å²) in [6, 6.07) is 10.5. The molecule has 0 atom stereocenters. The summed E-state index contributed by atoms with van der Waals surface area (Å²) < 4.78 is 1.46. The number of aromatic nitrogens is 3. The number of piperazine rings is 1. The van der Waals surface area contributed by atoms with Crippen molar-refractivity contribution in [2.75, 3.05) is 31.1 Å². The number of rotatable bonds is 4. The first-order valence-corrected chi connectivity index (χ1v) is 9.13. The molecule has 0 spiro atoms. The van der Waals surface area contributed by atoms with Crippen LogP contribution in [0.5, 0.6) is 0 Å². The Morgan fingerprint density at radius 3 is 2.56 bits per heavy atom. The number of nitrogens with zero attached hydrogens (tertiary/aromatic N) is 5. The number of aliphatic hydroxyl groups is 1. The molecule has 0 aliphatic carbocycles. The molecule has 3 aromatic rings. The van der Waals surface area contributed by atoms with Crippen LogP contribution in [0.4, 0.5) is 5.95 Å². The maximum Gasteiger partial charge on any atom is 0.261 e. The summed E-state index contributed by atoms with van der Waals surface area (Å²) in [6.07, 6.45) is 3.22. The van der Waals surface area contributed by atoms with Crippen molar-refractivity contribution in [3.63, 3.8) is 0 Å². The molecule has 1 aliphatic heterocycles. The van der Waals surface area contributed by atoms with Gasteiger partial charge in [-0.3, -0.25) is 9.69 Å². The van der Waals surface area contributed by atoms with Crippen LogP contribution in [0.3, 0.4) is 0 Å². The minimum atomic E-state index is -0.161. The number of pyridine rings is 1. The molecule has 1 N–H and O–H groups in total. The standard InChI is InChI=1S/C20H23N5O2/c1-23-13-16(14-26)18-17(19(23)27)11-21-20(22-18)25-9-7-24(8-10-25)12-15-5-3-2-4-6-15/h2-6,11,13,26H,7-10,12,14H2,1H3. The predicted octanol–water partition coefficient (Wildman–Crippen LogP) is 1.14. The highest BCUT2D eigenvalue weighted by atomic mass is 16.3. The van der Waals surface area contributed by atoms with E-state index < -0.39 is 0 Å². The van der Waals surface area contributed by atoms with Gasteiger partial charge < -0.3 is 14.6 Å². The topological polar surface area (TPSA) is 74.5 Å². The van der Waals surface area contributed by atoms with Gasteiger partial charge in [0.15, 0.2) is 0 Å². The Morgan fingerprint density at radius 2 is 1.85 bits per heavy atom. The molecule has 1 fully saturated rings. The summed E-state index contributed by atoms with van der Waals surface area (Å²) in [7, 11) is 1.67. The highest BCUT2D eigenvalue weighted by molar-refractivity contribution is 5.80. The van der Waals surface area contributed by atoms with E-state index in [1.807, 2.05) is 6.07 Å². The van der Waals surface area contributed by atoms with Crippen LogP contribution in [0.25, 0.3) is 10.9 Å². The van der Waals surface area contributed by atoms with E-state index in [0.717, 1.165) is 32.7 Å². The van der Waals surface area contributed by atoms with Crippen LogP contribution in [0.2, 0.25) is 0 Å². The van der Waals surface area contributed by atoms with Gasteiger partial charge in [0.2, 0.25) is 5.95 Å². The second kappa shape index (κ2) is 7.46. The fourth-order valence-electron chi connectivity index (χ4n) is 3.53. The molecule has 0 unspecified atom stereocenters. The lowest BCUT2D eigenvalue weighted by Crippen LogP contribution is -2.46. The third-order valence-electron chi connectivity index (χ3n) is 5.05. The van der Waals surface area contributed by atoms with Crippen LogP contribution in [0.15, 0.2) is 47.5 Å². The summed E-state index contributed by atoms with van der Waals surface area (Å²) in [4.78, 5) is 25.9. The molecule has 27 heavy (non-hydrogen) atoms. The number of anilines is 1. The molecule has 0 saturated carbocycles. The number of aryl methyl sites for hydroxylation is 1. The molecule has 0 amide bonds. The van der Waals surface area contributed by atoms with Gasteiger partial charge in [0, 0.05) is 57.7 Å². The Bertz CT molecular complexity index is 994. The van der Waals surface area contributed by atoms with Crippen LogP contribution in [0, 0.1) is 0 Å². The Labute approximate surface area is 157 Å². The molecule has 2 aromatic heterocycles. The summed E-state index contributed by atoms with van der Waals surface area (Å²) in [6.45, 7) is 4.30. The fraction of sp³-hybridized carbons (Fsp3) is 0.350. The van der Waals surface area contributed by atoms with E-state index in [9.17, 15) is 9.90 Å². The van der Waals surface area contributed by atoms with E-state index in [4.69, 9.17) is 0 Å². The third-order valence-corrected chi connectivity index (χ3v) is 5.05. The average Bonchev–Trinajstić information content (AvgIpc) is 2.71. The Kier molecular flexibility index (Phi) is 4.87. The minimum absolute atomic E-state index is 0.151. The van der Waals surface area contributed by atoms with Crippen LogP contribution >= 0.6 is 0 Å². The number of fused-ring (bicyclic) bond motifs is 1. The van der Waals surface area contributed by atoms with Gasteiger partial charge in [-0.15, -0.1) is 0 Å². The van der Waals surface area contributed by atoms with Gasteiger partial charge >= 0.3 is 0 Å². The quantitative estimate of drug-likeness (QED) is 0.747. The molecule has 7 nitrogen and oxygen atoms in total. The Balaban J connectivity index is 1.52. The van der Waals surface area contributed by atoms with Crippen molar-refractivity contribution in [1.29, 1.82) is 0 Å². The van der Waals surface area contributed by atoms with E-state index >= 15 is 0 Å². The fourth-order valence-corrected chi connectivity index (χ4v) is 3.53. The molecular weight excluding hydrogens is 342 g/mol. The molecular formula is C20H23N5O2. The van der Waals surface area contributed by atoms with Crippen molar-refractivity contribution in [1.82, 2.24) is 19.4 Å². The summed E-state index contributed by atoms with van der Waals surface area (Å²) in [5, 5.41) is 10.1. The van der Waals surface area contributed by atoms with Gasteiger partial charge in [-0.05, 0) is 5.56 Å². The van der Waals surface area contributed by atoms with Gasteiger partial charge in [-0.1, -0.05) is 30.3 Å². The van der Waals surface area contributed by atoms with Crippen molar-refractivity contribution in [2.45, 2.75) is 13.2 Å². The normalized spacial score (nSPS) is 15.4. The van der Waals surface area contributed by atoms with Crippen molar-refractivity contribution in [3.05, 3.63) is 64.2 Å². The van der Waals surface area contributed by atoms with Crippen LogP contribution in [0.1, 0.15) is 11.1 Å². The summed E-state index contributed by atoms with van der Waals surface area (Å²) in [5.74, 6) is 0.616. The Hall–Kier alpha value is -2.77. The Morgan fingerprint density at radius 1 is 1.11 bits per heavy atom. The smallest absolute Gasteiger partial charge is 0.261 e. The molecule has 1 aromatic carbocycles. The van der Waals surface area contributed by atoms with Crippen LogP contribution in [-0.4, -0.2) is 50.7 Å². The molecule has 3 heterocycles. The largest absolute Gasteiger partial charge is 0.392 e. The number of hydrogen-bond donors (Lipinski definition) is 1. The highest BCUT2D eigenvalue weighted by Crippen LogP contribution is 2.18. The molecule has 0 radical (unpaired) electrons. The molecule has 1 aliphatic rings. The number of benzene rings is 1. The lowest BCUT2D eigenvalue weighted by molar-refractivity contribution is 0.249. The zero-order valence-corrected chi connectivity index (χ0v) is 15.4. The maximum atomic E-state index is 12.3. The zero-order valence-electron chi connectivity index (χ0n) is 15.4. The lowest BCUT2D eigenvalue weighted by Gasteiger charge is -2.34. The first kappa shape index (κ1) is 17.6. The van der Waals surface area contributed by atoms with E-state index in [1.165, 1.54) is 10.1 Å². The van der Waals surface area contributed by atoms with E-state index in [-0.39, 0.29) is 12.2 Å². The molecule has 7 heteroatoms. The van der Waals surface area contributed by atoms with Gasteiger partial charge in [0.25, 0.3) is 5.56 Å². The molecule has 1 saturated heterocycles. The number of aliphatic hydroxyl groups excluding tert-OH is 1. The molecule has 0 bridgehead atoms. The minimum Gasteiger partial charge on any atom is -0.392 e. The summed E-state index contributed by atoms with van der Waals surface area (Å²) >= 11 is 0. The van der Waals surface area contributed by atoms with Crippen molar-refractivity contribution in [3.8, 4) is 0 Å². The molecule has 4 rings (SSSR count). The summed E-state index contributed by atoms with van der Waals surface area (Å²) in [5.41, 5.74) is 2.34. The first-order valence-electron chi connectivity index (χ1n) is 9.13. The van der Waals surface area contributed by atoms with Crippen LogP contribution < -0.4 is 10.5 Å². The van der Waals surface area contributed by atoms with Gasteiger partial charge in [-0.25, -0.2) is 9.97 Å². The second-order valence-corrected chi connectivity index (χ2v) is 6.91. The van der Waals surface area contributed by atoms with Crippen molar-refractivity contribution < 1.29 is 5.11 Å².